The molecule has 25 heavy (non-hydrogen) atoms. The average molecular weight is 356 g/mol. The molecule has 2 heterocycles. The molecule has 1 fully saturated rings. The molecular weight excluding hydrogens is 336 g/mol. The summed E-state index contributed by atoms with van der Waals surface area (Å²) in [5.74, 6) is 0.340. The predicted molar refractivity (Wildman–Crippen MR) is 97.6 cm³/mol. The van der Waals surface area contributed by atoms with Crippen molar-refractivity contribution in [3.05, 3.63) is 35.6 Å². The summed E-state index contributed by atoms with van der Waals surface area (Å²) in [6.07, 6.45) is 7.73. The van der Waals surface area contributed by atoms with Crippen LogP contribution in [0.4, 0.5) is 10.7 Å². The van der Waals surface area contributed by atoms with Crippen LogP contribution >= 0.6 is 11.3 Å². The number of rotatable bonds is 4. The fourth-order valence-corrected chi connectivity index (χ4v) is 4.06. The van der Waals surface area contributed by atoms with E-state index in [9.17, 15) is 4.79 Å². The van der Waals surface area contributed by atoms with Gasteiger partial charge in [-0.1, -0.05) is 31.4 Å². The molecule has 0 aliphatic heterocycles. The predicted octanol–water partition coefficient (Wildman–Crippen LogP) is 3.71. The Bertz CT molecular complexity index is 834. The molecular formula is C17H20N6OS. The van der Waals surface area contributed by atoms with Crippen LogP contribution in [0.1, 0.15) is 43.2 Å². The van der Waals surface area contributed by atoms with Gasteiger partial charge in [-0.25, -0.2) is 19.4 Å². The van der Waals surface area contributed by atoms with Gasteiger partial charge in [0.15, 0.2) is 0 Å². The lowest BCUT2D eigenvalue weighted by molar-refractivity contribution is 0.251. The molecule has 7 nitrogen and oxygen atoms in total. The number of carbonyl (C=O) groups excluding carboxylic acids is 1. The zero-order valence-electron chi connectivity index (χ0n) is 13.8. The molecule has 1 saturated carbocycles. The van der Waals surface area contributed by atoms with Gasteiger partial charge in [-0.05, 0) is 25.0 Å². The fraction of sp³-hybridized carbons (Fsp3) is 0.412. The maximum Gasteiger partial charge on any atom is 0.322 e. The van der Waals surface area contributed by atoms with Crippen molar-refractivity contribution in [2.24, 2.45) is 0 Å². The van der Waals surface area contributed by atoms with Gasteiger partial charge in [-0.2, -0.15) is 0 Å². The molecule has 0 saturated heterocycles. The first-order valence-corrected chi connectivity index (χ1v) is 9.40. The van der Waals surface area contributed by atoms with E-state index in [1.807, 2.05) is 28.9 Å². The molecule has 0 bridgehead atoms. The van der Waals surface area contributed by atoms with Crippen LogP contribution in [0.25, 0.3) is 10.2 Å². The summed E-state index contributed by atoms with van der Waals surface area (Å²) >= 11 is 1.58. The lowest BCUT2D eigenvalue weighted by Crippen LogP contribution is -2.28. The highest BCUT2D eigenvalue weighted by Gasteiger charge is 2.17. The van der Waals surface area contributed by atoms with Crippen molar-refractivity contribution in [1.29, 1.82) is 0 Å². The number of urea groups is 1. The molecule has 1 aliphatic rings. The topological polar surface area (TPSA) is 84.7 Å². The van der Waals surface area contributed by atoms with E-state index in [1.165, 1.54) is 19.3 Å². The summed E-state index contributed by atoms with van der Waals surface area (Å²) in [6.45, 7) is 0.383. The maximum atomic E-state index is 12.1. The Morgan fingerprint density at radius 3 is 2.92 bits per heavy atom. The van der Waals surface area contributed by atoms with Crippen molar-refractivity contribution >= 4 is 33.5 Å². The van der Waals surface area contributed by atoms with Crippen LogP contribution in [0.5, 0.6) is 0 Å². The molecule has 4 rings (SSSR count). The van der Waals surface area contributed by atoms with Gasteiger partial charge in [-0.3, -0.25) is 5.32 Å². The molecule has 0 unspecified atom stereocenters. The van der Waals surface area contributed by atoms with Crippen molar-refractivity contribution in [3.8, 4) is 0 Å². The molecule has 2 amide bonds. The molecule has 1 aliphatic carbocycles. The van der Waals surface area contributed by atoms with E-state index in [0.29, 0.717) is 18.5 Å². The Morgan fingerprint density at radius 2 is 2.08 bits per heavy atom. The number of amides is 2. The van der Waals surface area contributed by atoms with E-state index in [0.717, 1.165) is 28.1 Å². The average Bonchev–Trinajstić information content (AvgIpc) is 3.27. The van der Waals surface area contributed by atoms with Gasteiger partial charge in [-0.15, -0.1) is 16.4 Å². The number of para-hydroxylation sites is 1. The van der Waals surface area contributed by atoms with Crippen LogP contribution < -0.4 is 10.6 Å². The van der Waals surface area contributed by atoms with Crippen LogP contribution in [0.15, 0.2) is 30.6 Å². The smallest absolute Gasteiger partial charge is 0.322 e. The standard InChI is InChI=1S/C17H20N6OS/c24-17(18-10-15-20-13-8-4-5-9-14(13)25-15)21-16-19-11-23(22-16)12-6-2-1-3-7-12/h4-5,8-9,11-12H,1-3,6-7,10H2,(H2,18,21,22,24). The van der Waals surface area contributed by atoms with Crippen molar-refractivity contribution in [1.82, 2.24) is 25.1 Å². The van der Waals surface area contributed by atoms with Crippen molar-refractivity contribution < 1.29 is 4.79 Å². The molecule has 2 aromatic heterocycles. The summed E-state index contributed by atoms with van der Waals surface area (Å²) < 4.78 is 3.00. The number of thiazole rings is 1. The molecule has 8 heteroatoms. The van der Waals surface area contributed by atoms with Crippen LogP contribution in [-0.2, 0) is 6.54 Å². The Labute approximate surface area is 149 Å². The number of anilines is 1. The third-order valence-electron chi connectivity index (χ3n) is 4.42. The van der Waals surface area contributed by atoms with E-state index < -0.39 is 0 Å². The van der Waals surface area contributed by atoms with Crippen molar-refractivity contribution in [3.63, 3.8) is 0 Å². The molecule has 1 aromatic carbocycles. The van der Waals surface area contributed by atoms with Crippen LogP contribution in [0.2, 0.25) is 0 Å². The largest absolute Gasteiger partial charge is 0.331 e. The monoisotopic (exact) mass is 356 g/mol. The van der Waals surface area contributed by atoms with Gasteiger partial charge < -0.3 is 5.32 Å². The minimum Gasteiger partial charge on any atom is -0.331 e. The van der Waals surface area contributed by atoms with E-state index in [4.69, 9.17) is 0 Å². The second kappa shape index (κ2) is 7.18. The van der Waals surface area contributed by atoms with Gasteiger partial charge in [0.1, 0.15) is 11.3 Å². The first-order valence-electron chi connectivity index (χ1n) is 8.58. The maximum absolute atomic E-state index is 12.1. The number of aromatic nitrogens is 4. The van der Waals surface area contributed by atoms with E-state index in [-0.39, 0.29) is 6.03 Å². The number of carbonyl (C=O) groups is 1. The van der Waals surface area contributed by atoms with Crippen molar-refractivity contribution in [2.45, 2.75) is 44.7 Å². The molecule has 3 aromatic rings. The zero-order chi connectivity index (χ0) is 17.1. The van der Waals surface area contributed by atoms with Gasteiger partial charge >= 0.3 is 6.03 Å². The number of nitrogens with one attached hydrogen (secondary N) is 2. The zero-order valence-corrected chi connectivity index (χ0v) is 14.6. The molecule has 130 valence electrons. The van der Waals surface area contributed by atoms with Gasteiger partial charge in [0.2, 0.25) is 5.95 Å². The lowest BCUT2D eigenvalue weighted by Gasteiger charge is -2.21. The second-order valence-corrected chi connectivity index (χ2v) is 7.34. The normalized spacial score (nSPS) is 15.4. The summed E-state index contributed by atoms with van der Waals surface area (Å²) in [5.41, 5.74) is 0.956. The van der Waals surface area contributed by atoms with E-state index in [1.54, 1.807) is 17.7 Å². The minimum absolute atomic E-state index is 0.319. The fourth-order valence-electron chi connectivity index (χ4n) is 3.15. The highest BCUT2D eigenvalue weighted by atomic mass is 32.1. The van der Waals surface area contributed by atoms with E-state index in [2.05, 4.69) is 25.7 Å². The Hall–Kier alpha value is -2.48. The number of nitrogens with zero attached hydrogens (tertiary/aromatic N) is 4. The van der Waals surface area contributed by atoms with Gasteiger partial charge in [0.25, 0.3) is 0 Å². The van der Waals surface area contributed by atoms with Crippen molar-refractivity contribution in [2.75, 3.05) is 5.32 Å². The molecule has 0 radical (unpaired) electrons. The number of fused-ring (bicyclic) bond motifs is 1. The van der Waals surface area contributed by atoms with Gasteiger partial charge in [0, 0.05) is 0 Å². The van der Waals surface area contributed by atoms with Crippen LogP contribution in [0, 0.1) is 0 Å². The van der Waals surface area contributed by atoms with Crippen LogP contribution in [0.3, 0.4) is 0 Å². The van der Waals surface area contributed by atoms with Crippen LogP contribution in [-0.4, -0.2) is 25.8 Å². The third kappa shape index (κ3) is 3.79. The summed E-state index contributed by atoms with van der Waals surface area (Å²) in [4.78, 5) is 20.7. The highest BCUT2D eigenvalue weighted by molar-refractivity contribution is 7.18. The third-order valence-corrected chi connectivity index (χ3v) is 5.46. The number of benzene rings is 1. The second-order valence-electron chi connectivity index (χ2n) is 6.22. The Balaban J connectivity index is 1.32. The Morgan fingerprint density at radius 1 is 1.24 bits per heavy atom. The molecule has 0 spiro atoms. The quantitative estimate of drug-likeness (QED) is 0.746. The summed E-state index contributed by atoms with van der Waals surface area (Å²) in [7, 11) is 0. The SMILES string of the molecule is O=C(NCc1nc2ccccc2s1)Nc1ncn(C2CCCCC2)n1. The Kier molecular flexibility index (Phi) is 4.60. The molecule has 2 N–H and O–H groups in total. The summed E-state index contributed by atoms with van der Waals surface area (Å²) in [5, 5.41) is 10.8. The number of hydrogen-bond donors (Lipinski definition) is 2. The number of hydrogen-bond acceptors (Lipinski definition) is 5. The first kappa shape index (κ1) is 16.0. The van der Waals surface area contributed by atoms with E-state index >= 15 is 0 Å². The van der Waals surface area contributed by atoms with Gasteiger partial charge in [0.05, 0.1) is 22.8 Å². The lowest BCUT2D eigenvalue weighted by atomic mass is 9.96. The summed E-state index contributed by atoms with van der Waals surface area (Å²) in [6, 6.07) is 8.03. The first-order chi connectivity index (χ1) is 12.3. The molecule has 0 atom stereocenters. The highest BCUT2D eigenvalue weighted by Crippen LogP contribution is 2.27. The minimum atomic E-state index is -0.319.